The van der Waals surface area contributed by atoms with Crippen LogP contribution in [-0.4, -0.2) is 47.3 Å². The first-order valence-electron chi connectivity index (χ1n) is 9.52. The molecule has 0 radical (unpaired) electrons. The highest BCUT2D eigenvalue weighted by atomic mass is 79.9. The molecule has 2 aliphatic rings. The summed E-state index contributed by atoms with van der Waals surface area (Å²) in [7, 11) is 0. The average molecular weight is 434 g/mol. The van der Waals surface area contributed by atoms with Gasteiger partial charge in [-0.25, -0.2) is 0 Å². The van der Waals surface area contributed by atoms with Crippen LogP contribution < -0.4 is 0 Å². The highest BCUT2D eigenvalue weighted by molar-refractivity contribution is 9.10. The summed E-state index contributed by atoms with van der Waals surface area (Å²) in [5, 5.41) is 3.91. The van der Waals surface area contributed by atoms with Crippen molar-refractivity contribution < 1.29 is 14.1 Å². The minimum Gasteiger partial charge on any atom is -0.381 e. The molecule has 0 aliphatic carbocycles. The third-order valence-electron chi connectivity index (χ3n) is 5.75. The maximum absolute atomic E-state index is 13.7. The van der Waals surface area contributed by atoms with Crippen LogP contribution in [0.3, 0.4) is 0 Å². The monoisotopic (exact) mass is 433 g/mol. The van der Waals surface area contributed by atoms with Gasteiger partial charge in [-0.2, -0.15) is 4.98 Å². The van der Waals surface area contributed by atoms with Gasteiger partial charge in [0.05, 0.1) is 11.3 Å². The number of piperidine rings is 1. The Kier molecular flexibility index (Phi) is 5.32. The predicted octanol–water partition coefficient (Wildman–Crippen LogP) is 3.59. The number of amides is 1. The minimum absolute atomic E-state index is 0.116. The van der Waals surface area contributed by atoms with E-state index in [9.17, 15) is 4.79 Å². The van der Waals surface area contributed by atoms with Crippen molar-refractivity contribution in [2.24, 2.45) is 0 Å². The third-order valence-corrected chi connectivity index (χ3v) is 6.28. The Morgan fingerprint density at radius 2 is 2.00 bits per heavy atom. The van der Waals surface area contributed by atoms with Crippen molar-refractivity contribution in [3.63, 3.8) is 0 Å². The van der Waals surface area contributed by atoms with Crippen molar-refractivity contribution in [2.75, 3.05) is 26.3 Å². The zero-order chi connectivity index (χ0) is 18.9. The van der Waals surface area contributed by atoms with E-state index in [0.29, 0.717) is 44.3 Å². The summed E-state index contributed by atoms with van der Waals surface area (Å²) in [4.78, 5) is 20.1. The van der Waals surface area contributed by atoms with E-state index in [2.05, 4.69) is 38.2 Å². The second-order valence-electron chi connectivity index (χ2n) is 7.47. The Morgan fingerprint density at radius 3 is 2.67 bits per heavy atom. The van der Waals surface area contributed by atoms with Crippen LogP contribution in [0.2, 0.25) is 0 Å². The molecule has 0 spiro atoms. The first kappa shape index (κ1) is 18.6. The number of halogens is 1. The second kappa shape index (κ2) is 7.72. The Bertz CT molecular complexity index is 799. The number of aromatic nitrogens is 2. The van der Waals surface area contributed by atoms with Gasteiger partial charge in [-0.05, 0) is 50.3 Å². The fourth-order valence-corrected chi connectivity index (χ4v) is 4.52. The summed E-state index contributed by atoms with van der Waals surface area (Å²) in [5.41, 5.74) is 0.570. The van der Waals surface area contributed by atoms with Gasteiger partial charge in [0.1, 0.15) is 0 Å². The van der Waals surface area contributed by atoms with Crippen LogP contribution in [0.5, 0.6) is 0 Å². The van der Waals surface area contributed by atoms with E-state index in [4.69, 9.17) is 9.26 Å². The van der Waals surface area contributed by atoms with Gasteiger partial charge in [-0.15, -0.1) is 0 Å². The number of ether oxygens (including phenoxy) is 1. The number of hydrogen-bond acceptors (Lipinski definition) is 5. The highest BCUT2D eigenvalue weighted by Gasteiger charge is 2.45. The zero-order valence-corrected chi connectivity index (χ0v) is 17.1. The molecule has 144 valence electrons. The van der Waals surface area contributed by atoms with Crippen LogP contribution in [0, 0.1) is 6.92 Å². The topological polar surface area (TPSA) is 68.5 Å². The molecule has 6 nitrogen and oxygen atoms in total. The van der Waals surface area contributed by atoms with E-state index >= 15 is 0 Å². The molecule has 2 aromatic rings. The number of nitrogens with zero attached hydrogens (tertiary/aromatic N) is 3. The van der Waals surface area contributed by atoms with Gasteiger partial charge in [-0.1, -0.05) is 33.2 Å². The van der Waals surface area contributed by atoms with Crippen LogP contribution in [0.15, 0.2) is 33.3 Å². The molecule has 1 amide bonds. The molecule has 0 bridgehead atoms. The highest BCUT2D eigenvalue weighted by Crippen LogP contribution is 2.39. The lowest BCUT2D eigenvalue weighted by molar-refractivity contribution is -0.142. The lowest BCUT2D eigenvalue weighted by Crippen LogP contribution is -2.52. The lowest BCUT2D eigenvalue weighted by atomic mass is 9.72. The van der Waals surface area contributed by atoms with Crippen LogP contribution in [0.1, 0.15) is 48.9 Å². The van der Waals surface area contributed by atoms with Gasteiger partial charge in [0.15, 0.2) is 5.82 Å². The molecule has 27 heavy (non-hydrogen) atoms. The summed E-state index contributed by atoms with van der Waals surface area (Å²) in [6, 6.07) is 8.16. The molecular formula is C20H24BrN3O3. The molecule has 3 heterocycles. The number of aryl methyl sites for hydroxylation is 1. The molecule has 2 aliphatic heterocycles. The van der Waals surface area contributed by atoms with Gasteiger partial charge in [-0.3, -0.25) is 4.79 Å². The standard InChI is InChI=1S/C20H24BrN3O3/c1-14-22-18(27-23-14)15-3-2-10-24(13-15)19(25)20(8-11-26-12-9-20)16-4-6-17(21)7-5-16/h4-7,15H,2-3,8-13H2,1H3. The van der Waals surface area contributed by atoms with Gasteiger partial charge < -0.3 is 14.2 Å². The Balaban J connectivity index is 1.60. The fraction of sp³-hybridized carbons (Fsp3) is 0.550. The van der Waals surface area contributed by atoms with Crippen molar-refractivity contribution in [1.29, 1.82) is 0 Å². The van der Waals surface area contributed by atoms with E-state index in [-0.39, 0.29) is 11.8 Å². The Morgan fingerprint density at radius 1 is 1.26 bits per heavy atom. The molecule has 0 N–H and O–H groups in total. The maximum Gasteiger partial charge on any atom is 0.233 e. The molecule has 7 heteroatoms. The smallest absolute Gasteiger partial charge is 0.233 e. The van der Waals surface area contributed by atoms with Crippen LogP contribution in [0.25, 0.3) is 0 Å². The summed E-state index contributed by atoms with van der Waals surface area (Å²) >= 11 is 3.49. The predicted molar refractivity (Wildman–Crippen MR) is 103 cm³/mol. The Labute approximate surface area is 167 Å². The zero-order valence-electron chi connectivity index (χ0n) is 15.5. The summed E-state index contributed by atoms with van der Waals surface area (Å²) in [5.74, 6) is 1.61. The van der Waals surface area contributed by atoms with E-state index in [1.165, 1.54) is 0 Å². The van der Waals surface area contributed by atoms with Crippen molar-refractivity contribution in [2.45, 2.75) is 43.9 Å². The minimum atomic E-state index is -0.508. The molecule has 1 aromatic carbocycles. The summed E-state index contributed by atoms with van der Waals surface area (Å²) in [6.45, 7) is 4.47. The van der Waals surface area contributed by atoms with Crippen LogP contribution >= 0.6 is 15.9 Å². The van der Waals surface area contributed by atoms with E-state index in [0.717, 1.165) is 29.4 Å². The molecule has 1 aromatic heterocycles. The quantitative estimate of drug-likeness (QED) is 0.739. The van der Waals surface area contributed by atoms with Crippen molar-refractivity contribution in [3.05, 3.63) is 46.0 Å². The molecule has 1 atom stereocenters. The SMILES string of the molecule is Cc1noc(C2CCCN(C(=O)C3(c4ccc(Br)cc4)CCOCC3)C2)n1. The van der Waals surface area contributed by atoms with E-state index in [1.54, 1.807) is 0 Å². The lowest BCUT2D eigenvalue weighted by Gasteiger charge is -2.42. The van der Waals surface area contributed by atoms with Crippen molar-refractivity contribution >= 4 is 21.8 Å². The first-order chi connectivity index (χ1) is 13.1. The van der Waals surface area contributed by atoms with E-state index in [1.807, 2.05) is 24.0 Å². The number of carbonyl (C=O) groups is 1. The molecule has 2 saturated heterocycles. The van der Waals surface area contributed by atoms with Gasteiger partial charge in [0.2, 0.25) is 11.8 Å². The van der Waals surface area contributed by atoms with Crippen LogP contribution in [0.4, 0.5) is 0 Å². The first-order valence-corrected chi connectivity index (χ1v) is 10.3. The Hall–Kier alpha value is -1.73. The number of rotatable bonds is 3. The number of hydrogen-bond donors (Lipinski definition) is 0. The van der Waals surface area contributed by atoms with Crippen molar-refractivity contribution in [1.82, 2.24) is 15.0 Å². The number of carbonyl (C=O) groups excluding carboxylic acids is 1. The van der Waals surface area contributed by atoms with Crippen molar-refractivity contribution in [3.8, 4) is 0 Å². The van der Waals surface area contributed by atoms with E-state index < -0.39 is 5.41 Å². The molecular weight excluding hydrogens is 410 g/mol. The van der Waals surface area contributed by atoms with Gasteiger partial charge >= 0.3 is 0 Å². The number of benzene rings is 1. The second-order valence-corrected chi connectivity index (χ2v) is 8.39. The maximum atomic E-state index is 13.7. The van der Waals surface area contributed by atoms with Gasteiger partial charge in [0.25, 0.3) is 0 Å². The van der Waals surface area contributed by atoms with Gasteiger partial charge in [0, 0.05) is 30.8 Å². The van der Waals surface area contributed by atoms with Crippen LogP contribution in [-0.2, 0) is 14.9 Å². The average Bonchev–Trinajstić information content (AvgIpc) is 3.15. The summed E-state index contributed by atoms with van der Waals surface area (Å²) < 4.78 is 12.0. The molecule has 2 fully saturated rings. The third kappa shape index (κ3) is 3.67. The normalized spacial score (nSPS) is 22.6. The largest absolute Gasteiger partial charge is 0.381 e. The molecule has 0 saturated carbocycles. The summed E-state index contributed by atoms with van der Waals surface area (Å²) in [6.07, 6.45) is 3.35. The fourth-order valence-electron chi connectivity index (χ4n) is 4.26. The number of likely N-dealkylation sites (tertiary alicyclic amines) is 1. The molecule has 1 unspecified atom stereocenters. The molecule has 4 rings (SSSR count).